The van der Waals surface area contributed by atoms with Crippen LogP contribution in [0.15, 0.2) is 18.3 Å². The Morgan fingerprint density at radius 3 is 2.56 bits per heavy atom. The summed E-state index contributed by atoms with van der Waals surface area (Å²) in [4.78, 5) is 15.0. The number of carbonyl (C=O) groups excluding carboxylic acids is 1. The molecule has 1 N–H and O–H groups in total. The molecule has 0 spiro atoms. The third-order valence-electron chi connectivity index (χ3n) is 1.82. The van der Waals surface area contributed by atoms with Gasteiger partial charge >= 0.3 is 0 Å². The average Bonchev–Trinajstić information content (AvgIpc) is 2.26. The maximum absolute atomic E-state index is 11.0. The molecule has 0 unspecified atom stereocenters. The fourth-order valence-electron chi connectivity index (χ4n) is 0.962. The number of halogens is 2. The van der Waals surface area contributed by atoms with Gasteiger partial charge in [-0.2, -0.15) is 0 Å². The Balaban J connectivity index is 0. The van der Waals surface area contributed by atoms with Crippen molar-refractivity contribution in [3.63, 3.8) is 0 Å². The highest BCUT2D eigenvalue weighted by Gasteiger charge is 1.98. The van der Waals surface area contributed by atoms with Crippen LogP contribution >= 0.6 is 24.8 Å². The lowest BCUT2D eigenvalue weighted by Crippen LogP contribution is -2.21. The van der Waals surface area contributed by atoms with E-state index >= 15 is 0 Å². The van der Waals surface area contributed by atoms with Crippen molar-refractivity contribution in [2.75, 3.05) is 7.11 Å². The molecule has 0 radical (unpaired) electrons. The third-order valence-corrected chi connectivity index (χ3v) is 1.82. The Hall–Kier alpha value is -1.00. The SMILES string of the molecule is CCC(=O)NCc1ccc(OC)nc1.Cl.Cl. The fraction of sp³-hybridized carbons (Fsp3) is 0.400. The molecule has 0 fully saturated rings. The molecule has 92 valence electrons. The minimum atomic E-state index is 0. The molecular formula is C10H16Cl2N2O2. The van der Waals surface area contributed by atoms with Gasteiger partial charge in [0.15, 0.2) is 0 Å². The van der Waals surface area contributed by atoms with Gasteiger partial charge in [-0.3, -0.25) is 4.79 Å². The molecule has 0 atom stereocenters. The number of hydrogen-bond acceptors (Lipinski definition) is 3. The molecule has 1 amide bonds. The number of amides is 1. The molecule has 0 aliphatic heterocycles. The monoisotopic (exact) mass is 266 g/mol. The highest BCUT2D eigenvalue weighted by molar-refractivity contribution is 5.85. The van der Waals surface area contributed by atoms with E-state index in [2.05, 4.69) is 10.3 Å². The Morgan fingerprint density at radius 2 is 2.12 bits per heavy atom. The van der Waals surface area contributed by atoms with Gasteiger partial charge in [-0.05, 0) is 5.56 Å². The van der Waals surface area contributed by atoms with Crippen molar-refractivity contribution in [3.8, 4) is 5.88 Å². The molecule has 1 heterocycles. The van der Waals surface area contributed by atoms with Crippen LogP contribution in [0.5, 0.6) is 5.88 Å². The maximum atomic E-state index is 11.0. The number of hydrogen-bond donors (Lipinski definition) is 1. The number of nitrogens with zero attached hydrogens (tertiary/aromatic N) is 1. The topological polar surface area (TPSA) is 51.2 Å². The lowest BCUT2D eigenvalue weighted by molar-refractivity contribution is -0.120. The van der Waals surface area contributed by atoms with E-state index < -0.39 is 0 Å². The van der Waals surface area contributed by atoms with E-state index in [1.165, 1.54) is 0 Å². The highest BCUT2D eigenvalue weighted by Crippen LogP contribution is 2.05. The van der Waals surface area contributed by atoms with E-state index in [4.69, 9.17) is 4.74 Å². The van der Waals surface area contributed by atoms with Crippen LogP contribution in [0.25, 0.3) is 0 Å². The van der Waals surface area contributed by atoms with Gasteiger partial charge in [-0.25, -0.2) is 4.98 Å². The summed E-state index contributed by atoms with van der Waals surface area (Å²) in [6, 6.07) is 3.65. The van der Waals surface area contributed by atoms with Crippen molar-refractivity contribution in [3.05, 3.63) is 23.9 Å². The minimum Gasteiger partial charge on any atom is -0.481 e. The Morgan fingerprint density at radius 1 is 1.44 bits per heavy atom. The van der Waals surface area contributed by atoms with Gasteiger partial charge in [0.25, 0.3) is 0 Å². The highest BCUT2D eigenvalue weighted by atomic mass is 35.5. The standard InChI is InChI=1S/C10H14N2O2.2ClH/c1-3-9(13)11-6-8-4-5-10(14-2)12-7-8;;/h4-5,7H,3,6H2,1-2H3,(H,11,13);2*1H. The second kappa shape index (κ2) is 9.24. The molecule has 1 rings (SSSR count). The first kappa shape index (κ1) is 17.4. The van der Waals surface area contributed by atoms with Crippen LogP contribution in [0.1, 0.15) is 18.9 Å². The van der Waals surface area contributed by atoms with E-state index in [1.807, 2.05) is 13.0 Å². The van der Waals surface area contributed by atoms with Crippen LogP contribution in [-0.4, -0.2) is 18.0 Å². The second-order valence-corrected chi connectivity index (χ2v) is 2.84. The largest absolute Gasteiger partial charge is 0.481 e. The summed E-state index contributed by atoms with van der Waals surface area (Å²) in [5.74, 6) is 0.622. The molecule has 0 bridgehead atoms. The molecule has 0 aromatic carbocycles. The van der Waals surface area contributed by atoms with Gasteiger partial charge in [0.2, 0.25) is 11.8 Å². The number of methoxy groups -OCH3 is 1. The van der Waals surface area contributed by atoms with Crippen molar-refractivity contribution in [2.24, 2.45) is 0 Å². The average molecular weight is 267 g/mol. The minimum absolute atomic E-state index is 0. The molecule has 1 aromatic rings. The number of carbonyl (C=O) groups is 1. The predicted octanol–water partition coefficient (Wildman–Crippen LogP) is 1.96. The van der Waals surface area contributed by atoms with Gasteiger partial charge < -0.3 is 10.1 Å². The molecule has 16 heavy (non-hydrogen) atoms. The molecular weight excluding hydrogens is 251 g/mol. The Labute approximate surface area is 108 Å². The van der Waals surface area contributed by atoms with E-state index in [0.29, 0.717) is 18.8 Å². The van der Waals surface area contributed by atoms with Gasteiger partial charge in [0.05, 0.1) is 7.11 Å². The molecule has 6 heteroatoms. The van der Waals surface area contributed by atoms with Gasteiger partial charge in [-0.1, -0.05) is 13.0 Å². The Bertz CT molecular complexity index is 304. The molecule has 0 aliphatic carbocycles. The van der Waals surface area contributed by atoms with Crippen molar-refractivity contribution in [2.45, 2.75) is 19.9 Å². The van der Waals surface area contributed by atoms with Crippen molar-refractivity contribution < 1.29 is 9.53 Å². The summed E-state index contributed by atoms with van der Waals surface area (Å²) < 4.78 is 4.92. The number of nitrogens with one attached hydrogen (secondary N) is 1. The molecule has 0 aliphatic rings. The smallest absolute Gasteiger partial charge is 0.219 e. The van der Waals surface area contributed by atoms with Crippen LogP contribution in [0, 0.1) is 0 Å². The van der Waals surface area contributed by atoms with Gasteiger partial charge in [0.1, 0.15) is 0 Å². The first-order valence-corrected chi connectivity index (χ1v) is 4.52. The van der Waals surface area contributed by atoms with E-state index in [0.717, 1.165) is 5.56 Å². The Kier molecular flexibility index (Phi) is 10.0. The van der Waals surface area contributed by atoms with E-state index in [1.54, 1.807) is 19.4 Å². The number of ether oxygens (including phenoxy) is 1. The van der Waals surface area contributed by atoms with Crippen molar-refractivity contribution in [1.29, 1.82) is 0 Å². The molecule has 0 saturated carbocycles. The van der Waals surface area contributed by atoms with E-state index in [-0.39, 0.29) is 30.7 Å². The zero-order chi connectivity index (χ0) is 10.4. The maximum Gasteiger partial charge on any atom is 0.219 e. The van der Waals surface area contributed by atoms with Crippen LogP contribution in [0.4, 0.5) is 0 Å². The second-order valence-electron chi connectivity index (χ2n) is 2.84. The van der Waals surface area contributed by atoms with Crippen LogP contribution in [0.3, 0.4) is 0 Å². The predicted molar refractivity (Wildman–Crippen MR) is 67.4 cm³/mol. The molecule has 4 nitrogen and oxygen atoms in total. The fourth-order valence-corrected chi connectivity index (χ4v) is 0.962. The van der Waals surface area contributed by atoms with Crippen molar-refractivity contribution >= 4 is 30.7 Å². The first-order chi connectivity index (χ1) is 6.76. The summed E-state index contributed by atoms with van der Waals surface area (Å²) in [5, 5.41) is 2.77. The van der Waals surface area contributed by atoms with Crippen LogP contribution in [0.2, 0.25) is 0 Å². The number of aromatic nitrogens is 1. The van der Waals surface area contributed by atoms with Gasteiger partial charge in [-0.15, -0.1) is 24.8 Å². The van der Waals surface area contributed by atoms with Crippen LogP contribution < -0.4 is 10.1 Å². The van der Waals surface area contributed by atoms with Gasteiger partial charge in [0, 0.05) is 25.2 Å². The zero-order valence-corrected chi connectivity index (χ0v) is 10.9. The summed E-state index contributed by atoms with van der Waals surface area (Å²) in [7, 11) is 1.57. The normalized spacial score (nSPS) is 8.38. The summed E-state index contributed by atoms with van der Waals surface area (Å²) in [6.45, 7) is 2.34. The molecule has 0 saturated heterocycles. The number of rotatable bonds is 4. The van der Waals surface area contributed by atoms with E-state index in [9.17, 15) is 4.79 Å². The number of pyridine rings is 1. The first-order valence-electron chi connectivity index (χ1n) is 4.52. The lowest BCUT2D eigenvalue weighted by atomic mass is 10.3. The van der Waals surface area contributed by atoms with Crippen LogP contribution in [-0.2, 0) is 11.3 Å². The third kappa shape index (κ3) is 5.78. The zero-order valence-electron chi connectivity index (χ0n) is 9.23. The summed E-state index contributed by atoms with van der Waals surface area (Å²) in [5.41, 5.74) is 0.965. The summed E-state index contributed by atoms with van der Waals surface area (Å²) in [6.07, 6.45) is 2.19. The van der Waals surface area contributed by atoms with Crippen molar-refractivity contribution in [1.82, 2.24) is 10.3 Å². The molecule has 1 aromatic heterocycles. The summed E-state index contributed by atoms with van der Waals surface area (Å²) >= 11 is 0. The quantitative estimate of drug-likeness (QED) is 0.907. The lowest BCUT2D eigenvalue weighted by Gasteiger charge is -2.03.